The molecule has 0 spiro atoms. The maximum absolute atomic E-state index is 12.2. The van der Waals surface area contributed by atoms with Crippen LogP contribution in [0, 0.1) is 0 Å². The third-order valence-corrected chi connectivity index (χ3v) is 3.16. The van der Waals surface area contributed by atoms with E-state index in [1.807, 2.05) is 27.7 Å². The SMILES string of the molecule is COc1cc(C(=O)O)ccc1OCC(=O)N(C(C)C)C(C)C. The van der Waals surface area contributed by atoms with E-state index in [9.17, 15) is 9.59 Å². The first-order valence-electron chi connectivity index (χ1n) is 7.13. The Labute approximate surface area is 130 Å². The Morgan fingerprint density at radius 1 is 1.14 bits per heavy atom. The number of amides is 1. The van der Waals surface area contributed by atoms with Crippen LogP contribution in [0.5, 0.6) is 11.5 Å². The minimum atomic E-state index is -1.05. The highest BCUT2D eigenvalue weighted by Crippen LogP contribution is 2.28. The summed E-state index contributed by atoms with van der Waals surface area (Å²) >= 11 is 0. The van der Waals surface area contributed by atoms with Gasteiger partial charge in [0.05, 0.1) is 12.7 Å². The molecule has 1 amide bonds. The summed E-state index contributed by atoms with van der Waals surface area (Å²) in [7, 11) is 1.42. The normalized spacial score (nSPS) is 10.7. The van der Waals surface area contributed by atoms with Gasteiger partial charge < -0.3 is 19.5 Å². The lowest BCUT2D eigenvalue weighted by Gasteiger charge is -2.30. The third kappa shape index (κ3) is 4.38. The van der Waals surface area contributed by atoms with Crippen LogP contribution in [-0.4, -0.2) is 47.7 Å². The zero-order valence-electron chi connectivity index (χ0n) is 13.6. The number of carboxylic acids is 1. The van der Waals surface area contributed by atoms with E-state index in [1.54, 1.807) is 4.90 Å². The second-order valence-corrected chi connectivity index (χ2v) is 5.45. The summed E-state index contributed by atoms with van der Waals surface area (Å²) in [6, 6.07) is 4.42. The van der Waals surface area contributed by atoms with Crippen molar-refractivity contribution in [1.82, 2.24) is 4.90 Å². The van der Waals surface area contributed by atoms with Crippen LogP contribution >= 0.6 is 0 Å². The van der Waals surface area contributed by atoms with Crippen LogP contribution in [0.4, 0.5) is 0 Å². The standard InChI is InChI=1S/C16H23NO5/c1-10(2)17(11(3)4)15(18)9-22-13-7-6-12(16(19)20)8-14(13)21-5/h6-8,10-11H,9H2,1-5H3,(H,19,20). The first-order chi connectivity index (χ1) is 10.3. The average molecular weight is 309 g/mol. The molecule has 22 heavy (non-hydrogen) atoms. The van der Waals surface area contributed by atoms with Crippen LogP contribution < -0.4 is 9.47 Å². The van der Waals surface area contributed by atoms with E-state index in [2.05, 4.69) is 0 Å². The molecule has 0 aliphatic rings. The molecule has 0 aromatic heterocycles. The maximum atomic E-state index is 12.2. The lowest BCUT2D eigenvalue weighted by Crippen LogP contribution is -2.44. The first-order valence-corrected chi connectivity index (χ1v) is 7.13. The quantitative estimate of drug-likeness (QED) is 0.837. The van der Waals surface area contributed by atoms with E-state index in [-0.39, 0.29) is 35.9 Å². The smallest absolute Gasteiger partial charge is 0.335 e. The monoisotopic (exact) mass is 309 g/mol. The molecule has 0 heterocycles. The number of methoxy groups -OCH3 is 1. The summed E-state index contributed by atoms with van der Waals surface area (Å²) in [4.78, 5) is 24.9. The van der Waals surface area contributed by atoms with Crippen molar-refractivity contribution in [3.05, 3.63) is 23.8 Å². The van der Waals surface area contributed by atoms with Crippen molar-refractivity contribution in [2.24, 2.45) is 0 Å². The number of aromatic carboxylic acids is 1. The van der Waals surface area contributed by atoms with Gasteiger partial charge in [0.15, 0.2) is 18.1 Å². The van der Waals surface area contributed by atoms with Crippen molar-refractivity contribution in [3.63, 3.8) is 0 Å². The summed E-state index contributed by atoms with van der Waals surface area (Å²) in [5.41, 5.74) is 0.0986. The molecule has 0 saturated carbocycles. The number of carbonyl (C=O) groups excluding carboxylic acids is 1. The van der Waals surface area contributed by atoms with Crippen LogP contribution in [0.2, 0.25) is 0 Å². The molecule has 0 aliphatic heterocycles. The number of nitrogens with zero attached hydrogens (tertiary/aromatic N) is 1. The van der Waals surface area contributed by atoms with Crippen molar-refractivity contribution < 1.29 is 24.2 Å². The molecule has 122 valence electrons. The molecule has 0 bridgehead atoms. The molecule has 6 nitrogen and oxygen atoms in total. The summed E-state index contributed by atoms with van der Waals surface area (Å²) < 4.78 is 10.6. The lowest BCUT2D eigenvalue weighted by atomic mass is 10.2. The van der Waals surface area contributed by atoms with Crippen molar-refractivity contribution in [1.29, 1.82) is 0 Å². The van der Waals surface area contributed by atoms with Gasteiger partial charge in [0.2, 0.25) is 0 Å². The Hall–Kier alpha value is -2.24. The Bertz CT molecular complexity index is 531. The fraction of sp³-hybridized carbons (Fsp3) is 0.500. The summed E-state index contributed by atoms with van der Waals surface area (Å²) in [6.45, 7) is 7.65. The minimum Gasteiger partial charge on any atom is -0.493 e. The number of carbonyl (C=O) groups is 2. The van der Waals surface area contributed by atoms with Gasteiger partial charge in [-0.1, -0.05) is 0 Å². The van der Waals surface area contributed by atoms with Gasteiger partial charge in [0, 0.05) is 12.1 Å². The minimum absolute atomic E-state index is 0.0763. The molecule has 0 radical (unpaired) electrons. The molecule has 0 atom stereocenters. The van der Waals surface area contributed by atoms with E-state index >= 15 is 0 Å². The molecule has 1 aromatic rings. The fourth-order valence-corrected chi connectivity index (χ4v) is 2.31. The Kier molecular flexibility index (Phi) is 6.22. The Morgan fingerprint density at radius 2 is 1.73 bits per heavy atom. The van der Waals surface area contributed by atoms with Gasteiger partial charge in [-0.05, 0) is 45.9 Å². The zero-order chi connectivity index (χ0) is 16.9. The number of carboxylic acid groups (broad SMARTS) is 1. The second kappa shape index (κ2) is 7.68. The van der Waals surface area contributed by atoms with Gasteiger partial charge in [-0.25, -0.2) is 4.79 Å². The Balaban J connectivity index is 2.83. The van der Waals surface area contributed by atoms with Crippen LogP contribution in [0.25, 0.3) is 0 Å². The van der Waals surface area contributed by atoms with E-state index in [4.69, 9.17) is 14.6 Å². The molecule has 1 rings (SSSR count). The fourth-order valence-electron chi connectivity index (χ4n) is 2.31. The van der Waals surface area contributed by atoms with Crippen molar-refractivity contribution in [2.75, 3.05) is 13.7 Å². The van der Waals surface area contributed by atoms with Crippen molar-refractivity contribution in [2.45, 2.75) is 39.8 Å². The van der Waals surface area contributed by atoms with Crippen LogP contribution in [-0.2, 0) is 4.79 Å². The van der Waals surface area contributed by atoms with Gasteiger partial charge in [0.25, 0.3) is 5.91 Å². The molecule has 6 heteroatoms. The topological polar surface area (TPSA) is 76.1 Å². The first kappa shape index (κ1) is 17.8. The van der Waals surface area contributed by atoms with Crippen LogP contribution in [0.3, 0.4) is 0 Å². The van der Waals surface area contributed by atoms with E-state index in [0.29, 0.717) is 5.75 Å². The summed E-state index contributed by atoms with van der Waals surface area (Å²) in [5, 5.41) is 8.95. The maximum Gasteiger partial charge on any atom is 0.335 e. The van der Waals surface area contributed by atoms with Gasteiger partial charge in [-0.2, -0.15) is 0 Å². The largest absolute Gasteiger partial charge is 0.493 e. The van der Waals surface area contributed by atoms with Gasteiger partial charge in [0.1, 0.15) is 0 Å². The average Bonchev–Trinajstić information content (AvgIpc) is 2.43. The van der Waals surface area contributed by atoms with E-state index < -0.39 is 5.97 Å². The summed E-state index contributed by atoms with van der Waals surface area (Å²) in [5.74, 6) is -0.553. The highest BCUT2D eigenvalue weighted by atomic mass is 16.5. The zero-order valence-corrected chi connectivity index (χ0v) is 13.6. The highest BCUT2D eigenvalue weighted by molar-refractivity contribution is 5.88. The number of benzene rings is 1. The third-order valence-electron chi connectivity index (χ3n) is 3.16. The molecule has 1 N–H and O–H groups in total. The van der Waals surface area contributed by atoms with Gasteiger partial charge in [-0.3, -0.25) is 4.79 Å². The van der Waals surface area contributed by atoms with Gasteiger partial charge in [-0.15, -0.1) is 0 Å². The predicted octanol–water partition coefficient (Wildman–Crippen LogP) is 2.42. The molecule has 0 saturated heterocycles. The highest BCUT2D eigenvalue weighted by Gasteiger charge is 2.21. The number of hydrogen-bond donors (Lipinski definition) is 1. The van der Waals surface area contributed by atoms with E-state index in [1.165, 1.54) is 25.3 Å². The number of rotatable bonds is 7. The van der Waals surface area contributed by atoms with Crippen LogP contribution in [0.15, 0.2) is 18.2 Å². The number of ether oxygens (including phenoxy) is 2. The second-order valence-electron chi connectivity index (χ2n) is 5.45. The molecule has 0 fully saturated rings. The van der Waals surface area contributed by atoms with Gasteiger partial charge >= 0.3 is 5.97 Å². The van der Waals surface area contributed by atoms with Crippen molar-refractivity contribution >= 4 is 11.9 Å². The molecular formula is C16H23NO5. The molecule has 0 unspecified atom stereocenters. The predicted molar refractivity (Wildman–Crippen MR) is 82.6 cm³/mol. The molecular weight excluding hydrogens is 286 g/mol. The van der Waals surface area contributed by atoms with Crippen molar-refractivity contribution in [3.8, 4) is 11.5 Å². The van der Waals surface area contributed by atoms with E-state index in [0.717, 1.165) is 0 Å². The van der Waals surface area contributed by atoms with Crippen LogP contribution in [0.1, 0.15) is 38.1 Å². The molecule has 1 aromatic carbocycles. The lowest BCUT2D eigenvalue weighted by molar-refractivity contribution is -0.137. The number of hydrogen-bond acceptors (Lipinski definition) is 4. The molecule has 0 aliphatic carbocycles. The Morgan fingerprint density at radius 3 is 2.18 bits per heavy atom. The summed E-state index contributed by atoms with van der Waals surface area (Å²) in [6.07, 6.45) is 0.